The number of aryl methyl sites for hydroxylation is 1. The molecule has 0 amide bonds. The molecule has 2 rings (SSSR count). The molecule has 1 nitrogen and oxygen atoms in total. The Morgan fingerprint density at radius 3 is 2.32 bits per heavy atom. The second kappa shape index (κ2) is 5.75. The quantitative estimate of drug-likeness (QED) is 0.889. The van der Waals surface area contributed by atoms with Gasteiger partial charge in [0.15, 0.2) is 0 Å². The molecule has 1 N–H and O–H groups in total. The van der Waals surface area contributed by atoms with Crippen molar-refractivity contribution in [2.24, 2.45) is 0 Å². The lowest BCUT2D eigenvalue weighted by Gasteiger charge is -2.19. The van der Waals surface area contributed by atoms with E-state index in [4.69, 9.17) is 0 Å². The summed E-state index contributed by atoms with van der Waals surface area (Å²) < 4.78 is 40.8. The van der Waals surface area contributed by atoms with Crippen LogP contribution in [0.5, 0.6) is 0 Å². The highest BCUT2D eigenvalue weighted by Crippen LogP contribution is 2.32. The Morgan fingerprint density at radius 1 is 1.21 bits per heavy atom. The van der Waals surface area contributed by atoms with E-state index in [1.54, 1.807) is 0 Å². The van der Waals surface area contributed by atoms with E-state index in [0.29, 0.717) is 18.7 Å². The molecule has 1 aromatic carbocycles. The van der Waals surface area contributed by atoms with E-state index >= 15 is 0 Å². The van der Waals surface area contributed by atoms with Crippen molar-refractivity contribution in [3.63, 3.8) is 0 Å². The maximum atomic E-state index is 13.9. The third-order valence-corrected chi connectivity index (χ3v) is 3.99. The first kappa shape index (κ1) is 14.1. The van der Waals surface area contributed by atoms with Crippen LogP contribution in [-0.2, 0) is 0 Å². The number of thiophene rings is 1. The van der Waals surface area contributed by atoms with Crippen LogP contribution in [0.3, 0.4) is 0 Å². The molecule has 102 valence electrons. The van der Waals surface area contributed by atoms with Crippen molar-refractivity contribution >= 4 is 11.3 Å². The van der Waals surface area contributed by atoms with Crippen LogP contribution in [0.1, 0.15) is 29.0 Å². The van der Waals surface area contributed by atoms with E-state index in [1.807, 2.05) is 25.3 Å². The van der Waals surface area contributed by atoms with Gasteiger partial charge in [-0.05, 0) is 30.5 Å². The largest absolute Gasteiger partial charge is 0.306 e. The lowest BCUT2D eigenvalue weighted by Crippen LogP contribution is -2.24. The summed E-state index contributed by atoms with van der Waals surface area (Å²) in [5, 5.41) is 4.92. The first-order valence-corrected chi connectivity index (χ1v) is 6.84. The fourth-order valence-corrected chi connectivity index (χ4v) is 3.05. The first-order valence-electron chi connectivity index (χ1n) is 5.96. The van der Waals surface area contributed by atoms with Crippen LogP contribution in [0.2, 0.25) is 0 Å². The molecule has 0 aliphatic carbocycles. The zero-order valence-electron chi connectivity index (χ0n) is 10.6. The van der Waals surface area contributed by atoms with Gasteiger partial charge in [-0.2, -0.15) is 0 Å². The smallest absolute Gasteiger partial charge is 0.134 e. The molecule has 1 unspecified atom stereocenters. The Morgan fingerprint density at radius 2 is 1.84 bits per heavy atom. The van der Waals surface area contributed by atoms with E-state index in [0.717, 1.165) is 10.4 Å². The minimum absolute atomic E-state index is 0.131. The van der Waals surface area contributed by atoms with Gasteiger partial charge < -0.3 is 5.32 Å². The van der Waals surface area contributed by atoms with Gasteiger partial charge in [-0.25, -0.2) is 13.2 Å². The van der Waals surface area contributed by atoms with Crippen LogP contribution in [0.25, 0.3) is 0 Å². The van der Waals surface area contributed by atoms with Crippen LogP contribution in [0.4, 0.5) is 13.2 Å². The number of halogens is 3. The maximum Gasteiger partial charge on any atom is 0.134 e. The zero-order chi connectivity index (χ0) is 14.0. The third kappa shape index (κ3) is 2.82. The van der Waals surface area contributed by atoms with Gasteiger partial charge in [0, 0.05) is 22.6 Å². The molecule has 0 spiro atoms. The van der Waals surface area contributed by atoms with E-state index < -0.39 is 23.5 Å². The molecule has 19 heavy (non-hydrogen) atoms. The van der Waals surface area contributed by atoms with Crippen molar-refractivity contribution < 1.29 is 13.2 Å². The lowest BCUT2D eigenvalue weighted by atomic mass is 10.0. The van der Waals surface area contributed by atoms with Gasteiger partial charge >= 0.3 is 0 Å². The number of benzene rings is 1. The molecule has 1 atom stereocenters. The zero-order valence-corrected chi connectivity index (χ0v) is 11.5. The van der Waals surface area contributed by atoms with Crippen LogP contribution in [0.15, 0.2) is 23.6 Å². The van der Waals surface area contributed by atoms with E-state index in [9.17, 15) is 13.2 Å². The van der Waals surface area contributed by atoms with Gasteiger partial charge in [-0.15, -0.1) is 11.3 Å². The summed E-state index contributed by atoms with van der Waals surface area (Å²) in [7, 11) is 0. The summed E-state index contributed by atoms with van der Waals surface area (Å²) in [5.74, 6) is -2.63. The van der Waals surface area contributed by atoms with Crippen LogP contribution >= 0.6 is 11.3 Å². The summed E-state index contributed by atoms with van der Waals surface area (Å²) in [6, 6.07) is 2.73. The molecule has 0 radical (unpaired) electrons. The van der Waals surface area contributed by atoms with E-state index in [2.05, 4.69) is 5.32 Å². The van der Waals surface area contributed by atoms with E-state index in [1.165, 1.54) is 11.3 Å². The fraction of sp³-hybridized carbons (Fsp3) is 0.286. The number of hydrogen-bond acceptors (Lipinski definition) is 2. The molecule has 0 fully saturated rings. The molecule has 1 heterocycles. The Hall–Kier alpha value is -1.33. The van der Waals surface area contributed by atoms with Crippen molar-refractivity contribution in [1.29, 1.82) is 0 Å². The molecule has 1 aromatic heterocycles. The van der Waals surface area contributed by atoms with Gasteiger partial charge in [-0.1, -0.05) is 6.92 Å². The van der Waals surface area contributed by atoms with Crippen molar-refractivity contribution in [3.8, 4) is 0 Å². The molecule has 0 aliphatic rings. The van der Waals surface area contributed by atoms with Crippen molar-refractivity contribution in [2.75, 3.05) is 6.54 Å². The van der Waals surface area contributed by atoms with Crippen LogP contribution in [-0.4, -0.2) is 6.54 Å². The topological polar surface area (TPSA) is 12.0 Å². The van der Waals surface area contributed by atoms with Gasteiger partial charge in [0.1, 0.15) is 17.5 Å². The normalized spacial score (nSPS) is 12.7. The van der Waals surface area contributed by atoms with Crippen molar-refractivity contribution in [2.45, 2.75) is 19.9 Å². The molecular weight excluding hydrogens is 271 g/mol. The Bertz CT molecular complexity index is 557. The molecule has 5 heteroatoms. The first-order chi connectivity index (χ1) is 9.04. The highest BCUT2D eigenvalue weighted by atomic mass is 32.1. The average molecular weight is 285 g/mol. The number of nitrogens with one attached hydrogen (secondary N) is 1. The standard InChI is InChI=1S/C14H14F3NS/c1-3-18-13(14-8(2)4-5-19-14)12-10(16)6-9(15)7-11(12)17/h4-7,13,18H,3H2,1-2H3. The molecule has 2 aromatic rings. The fourth-order valence-electron chi connectivity index (χ4n) is 2.04. The highest BCUT2D eigenvalue weighted by Gasteiger charge is 2.24. The number of hydrogen-bond donors (Lipinski definition) is 1. The summed E-state index contributed by atoms with van der Waals surface area (Å²) in [4.78, 5) is 0.839. The summed E-state index contributed by atoms with van der Waals surface area (Å²) >= 11 is 1.42. The Kier molecular flexibility index (Phi) is 4.27. The van der Waals surface area contributed by atoms with Gasteiger partial charge in [0.2, 0.25) is 0 Å². The minimum Gasteiger partial charge on any atom is -0.306 e. The Labute approximate surface area is 114 Å². The van der Waals surface area contributed by atoms with Gasteiger partial charge in [0.05, 0.1) is 6.04 Å². The molecular formula is C14H14F3NS. The SMILES string of the molecule is CCNC(c1sccc1C)c1c(F)cc(F)cc1F. The minimum atomic E-state index is -0.906. The summed E-state index contributed by atoms with van der Waals surface area (Å²) in [5.41, 5.74) is 0.827. The molecule has 0 bridgehead atoms. The number of rotatable bonds is 4. The van der Waals surface area contributed by atoms with Crippen molar-refractivity contribution in [1.82, 2.24) is 5.32 Å². The van der Waals surface area contributed by atoms with E-state index in [-0.39, 0.29) is 5.56 Å². The predicted molar refractivity (Wildman–Crippen MR) is 70.9 cm³/mol. The monoisotopic (exact) mass is 285 g/mol. The van der Waals surface area contributed by atoms with Crippen LogP contribution < -0.4 is 5.32 Å². The highest BCUT2D eigenvalue weighted by molar-refractivity contribution is 7.10. The van der Waals surface area contributed by atoms with Gasteiger partial charge in [-0.3, -0.25) is 0 Å². The molecule has 0 saturated carbocycles. The lowest BCUT2D eigenvalue weighted by molar-refractivity contribution is 0.493. The van der Waals surface area contributed by atoms with Gasteiger partial charge in [0.25, 0.3) is 0 Å². The molecule has 0 saturated heterocycles. The third-order valence-electron chi connectivity index (χ3n) is 2.90. The average Bonchev–Trinajstić information content (AvgIpc) is 2.73. The second-order valence-corrected chi connectivity index (χ2v) is 5.19. The maximum absolute atomic E-state index is 13.9. The second-order valence-electron chi connectivity index (χ2n) is 4.24. The summed E-state index contributed by atoms with van der Waals surface area (Å²) in [6.45, 7) is 4.29. The van der Waals surface area contributed by atoms with Crippen molar-refractivity contribution in [3.05, 3.63) is 57.0 Å². The Balaban J connectivity index is 2.54. The molecule has 0 aliphatic heterocycles. The predicted octanol–water partition coefficient (Wildman–Crippen LogP) is 4.17. The van der Waals surface area contributed by atoms with Crippen LogP contribution in [0, 0.1) is 24.4 Å². The summed E-state index contributed by atoms with van der Waals surface area (Å²) in [6.07, 6.45) is 0.